The molecule has 2 rings (SSSR count). The summed E-state index contributed by atoms with van der Waals surface area (Å²) in [6.45, 7) is 1.94. The van der Waals surface area contributed by atoms with Crippen LogP contribution in [0.2, 0.25) is 0 Å². The summed E-state index contributed by atoms with van der Waals surface area (Å²) in [5.74, 6) is 0.453. The van der Waals surface area contributed by atoms with Crippen molar-refractivity contribution >= 4 is 21.4 Å². The summed E-state index contributed by atoms with van der Waals surface area (Å²) in [6, 6.07) is 5.74. The second kappa shape index (κ2) is 4.74. The van der Waals surface area contributed by atoms with E-state index in [1.807, 2.05) is 25.1 Å². The molecule has 0 bridgehead atoms. The predicted molar refractivity (Wildman–Crippen MR) is 71.0 cm³/mol. The molecule has 0 atom stereocenters. The van der Waals surface area contributed by atoms with Crippen molar-refractivity contribution in [2.45, 2.75) is 17.7 Å². The van der Waals surface area contributed by atoms with Crippen molar-refractivity contribution in [3.63, 3.8) is 0 Å². The van der Waals surface area contributed by atoms with Crippen LogP contribution in [0.15, 0.2) is 35.5 Å². The van der Waals surface area contributed by atoms with Gasteiger partial charge in [-0.25, -0.2) is 13.1 Å². The third-order valence-corrected chi connectivity index (χ3v) is 4.03. The predicted octanol–water partition coefficient (Wildman–Crippen LogP) is 2.32. The summed E-state index contributed by atoms with van der Waals surface area (Å²) in [4.78, 5) is 0.211. The first-order chi connectivity index (χ1) is 8.41. The number of alkyl halides is 1. The highest BCUT2D eigenvalue weighted by molar-refractivity contribution is 7.90. The van der Waals surface area contributed by atoms with Crippen molar-refractivity contribution < 1.29 is 8.42 Å². The molecule has 1 heterocycles. The number of nitrogens with zero attached hydrogens (tertiary/aromatic N) is 2. The van der Waals surface area contributed by atoms with E-state index in [4.69, 9.17) is 11.6 Å². The third-order valence-electron chi connectivity index (χ3n) is 2.65. The Morgan fingerprint density at radius 1 is 1.39 bits per heavy atom. The Hall–Kier alpha value is -1.33. The summed E-state index contributed by atoms with van der Waals surface area (Å²) in [5, 5.41) is 4.07. The van der Waals surface area contributed by atoms with E-state index in [0.717, 1.165) is 23.1 Å². The van der Waals surface area contributed by atoms with E-state index in [2.05, 4.69) is 5.10 Å². The fraction of sp³-hybridized carbons (Fsp3) is 0.250. The molecule has 0 spiro atoms. The molecule has 4 nitrogen and oxygen atoms in total. The van der Waals surface area contributed by atoms with Gasteiger partial charge in [-0.15, -0.1) is 11.6 Å². The van der Waals surface area contributed by atoms with Crippen molar-refractivity contribution in [3.8, 4) is 5.69 Å². The van der Waals surface area contributed by atoms with Crippen molar-refractivity contribution in [1.82, 2.24) is 9.78 Å². The van der Waals surface area contributed by atoms with E-state index in [1.54, 1.807) is 4.68 Å². The number of halogens is 1. The van der Waals surface area contributed by atoms with Crippen LogP contribution < -0.4 is 0 Å². The largest absolute Gasteiger partial charge is 0.239 e. The molecule has 6 heteroatoms. The van der Waals surface area contributed by atoms with Crippen LogP contribution in [-0.4, -0.2) is 24.5 Å². The highest BCUT2D eigenvalue weighted by Crippen LogP contribution is 2.18. The summed E-state index contributed by atoms with van der Waals surface area (Å²) >= 11 is 5.76. The zero-order valence-corrected chi connectivity index (χ0v) is 11.7. The van der Waals surface area contributed by atoms with Gasteiger partial charge in [-0.1, -0.05) is 12.1 Å². The lowest BCUT2D eigenvalue weighted by Crippen LogP contribution is -1.99. The van der Waals surface area contributed by atoms with Gasteiger partial charge in [0, 0.05) is 18.3 Å². The Bertz CT molecular complexity index is 677. The first-order valence-electron chi connectivity index (χ1n) is 5.32. The molecule has 2 aromatic rings. The molecule has 1 aromatic carbocycles. The SMILES string of the molecule is Cc1cc(CCl)ccc1-n1cc(S(C)(=O)=O)cn1. The zero-order chi connectivity index (χ0) is 13.3. The standard InChI is InChI=1S/C12H13ClN2O2S/c1-9-5-10(6-13)3-4-12(9)15-8-11(7-14-15)18(2,16)17/h3-5,7-8H,6H2,1-2H3. The first-order valence-corrected chi connectivity index (χ1v) is 7.75. The summed E-state index contributed by atoms with van der Waals surface area (Å²) in [6.07, 6.45) is 4.03. The van der Waals surface area contributed by atoms with Crippen LogP contribution in [0.5, 0.6) is 0 Å². The molecule has 0 N–H and O–H groups in total. The highest BCUT2D eigenvalue weighted by Gasteiger charge is 2.11. The number of aryl methyl sites for hydroxylation is 1. The fourth-order valence-electron chi connectivity index (χ4n) is 1.69. The average Bonchev–Trinajstić information content (AvgIpc) is 2.77. The summed E-state index contributed by atoms with van der Waals surface area (Å²) < 4.78 is 24.3. The Kier molecular flexibility index (Phi) is 3.45. The average molecular weight is 285 g/mol. The van der Waals surface area contributed by atoms with Crippen molar-refractivity contribution in [3.05, 3.63) is 41.7 Å². The van der Waals surface area contributed by atoms with Gasteiger partial charge in [-0.05, 0) is 24.1 Å². The molecule has 0 unspecified atom stereocenters. The van der Waals surface area contributed by atoms with Crippen LogP contribution >= 0.6 is 11.6 Å². The lowest BCUT2D eigenvalue weighted by atomic mass is 10.1. The van der Waals surface area contributed by atoms with Crippen LogP contribution in [-0.2, 0) is 15.7 Å². The number of hydrogen-bond acceptors (Lipinski definition) is 3. The molecule has 0 aliphatic carbocycles. The first kappa shape index (κ1) is 13.1. The van der Waals surface area contributed by atoms with Gasteiger partial charge in [0.1, 0.15) is 4.90 Å². The van der Waals surface area contributed by atoms with Crippen LogP contribution in [0.1, 0.15) is 11.1 Å². The maximum atomic E-state index is 11.4. The van der Waals surface area contributed by atoms with Crippen LogP contribution in [0.3, 0.4) is 0 Å². The van der Waals surface area contributed by atoms with Crippen molar-refractivity contribution in [1.29, 1.82) is 0 Å². The Labute approximate surface area is 111 Å². The summed E-state index contributed by atoms with van der Waals surface area (Å²) in [7, 11) is -3.22. The van der Waals surface area contributed by atoms with Crippen molar-refractivity contribution in [2.24, 2.45) is 0 Å². The van der Waals surface area contributed by atoms with Crippen LogP contribution in [0.25, 0.3) is 5.69 Å². The van der Waals surface area contributed by atoms with Crippen LogP contribution in [0.4, 0.5) is 0 Å². The number of sulfone groups is 1. The van der Waals surface area contributed by atoms with Gasteiger partial charge >= 0.3 is 0 Å². The zero-order valence-electron chi connectivity index (χ0n) is 10.1. The maximum Gasteiger partial charge on any atom is 0.178 e. The van der Waals surface area contributed by atoms with Gasteiger partial charge in [-0.3, -0.25) is 0 Å². The molecule has 0 fully saturated rings. The summed E-state index contributed by atoms with van der Waals surface area (Å²) in [5.41, 5.74) is 2.86. The number of benzene rings is 1. The number of hydrogen-bond donors (Lipinski definition) is 0. The molecular formula is C12H13ClN2O2S. The molecule has 0 aliphatic heterocycles. The molecule has 0 saturated carbocycles. The molecule has 0 aliphatic rings. The van der Waals surface area contributed by atoms with Gasteiger partial charge in [0.25, 0.3) is 0 Å². The van der Waals surface area contributed by atoms with E-state index in [-0.39, 0.29) is 4.90 Å². The molecule has 0 saturated heterocycles. The van der Waals surface area contributed by atoms with Crippen LogP contribution in [0, 0.1) is 6.92 Å². The minimum atomic E-state index is -3.22. The second-order valence-electron chi connectivity index (χ2n) is 4.15. The molecule has 96 valence electrons. The molecule has 0 radical (unpaired) electrons. The molecule has 0 amide bonds. The topological polar surface area (TPSA) is 52.0 Å². The van der Waals surface area contributed by atoms with E-state index >= 15 is 0 Å². The minimum absolute atomic E-state index is 0.211. The van der Waals surface area contributed by atoms with Gasteiger partial charge in [-0.2, -0.15) is 5.10 Å². The third kappa shape index (κ3) is 2.57. The van der Waals surface area contributed by atoms with Gasteiger partial charge < -0.3 is 0 Å². The molecule has 1 aromatic heterocycles. The van der Waals surface area contributed by atoms with E-state index in [0.29, 0.717) is 5.88 Å². The highest BCUT2D eigenvalue weighted by atomic mass is 35.5. The lowest BCUT2D eigenvalue weighted by Gasteiger charge is -2.07. The number of rotatable bonds is 3. The number of aromatic nitrogens is 2. The second-order valence-corrected chi connectivity index (χ2v) is 6.43. The Balaban J connectivity index is 2.47. The quantitative estimate of drug-likeness (QED) is 0.813. The van der Waals surface area contributed by atoms with Gasteiger partial charge in [0.2, 0.25) is 0 Å². The van der Waals surface area contributed by atoms with E-state index in [1.165, 1.54) is 12.4 Å². The molecule has 18 heavy (non-hydrogen) atoms. The fourth-order valence-corrected chi connectivity index (χ4v) is 2.38. The van der Waals surface area contributed by atoms with Crippen molar-refractivity contribution in [2.75, 3.05) is 6.26 Å². The minimum Gasteiger partial charge on any atom is -0.239 e. The lowest BCUT2D eigenvalue weighted by molar-refractivity contribution is 0.602. The van der Waals surface area contributed by atoms with E-state index < -0.39 is 9.84 Å². The maximum absolute atomic E-state index is 11.4. The molecular weight excluding hydrogens is 272 g/mol. The Morgan fingerprint density at radius 3 is 2.61 bits per heavy atom. The normalized spacial score (nSPS) is 11.7. The van der Waals surface area contributed by atoms with E-state index in [9.17, 15) is 8.42 Å². The Morgan fingerprint density at radius 2 is 2.11 bits per heavy atom. The van der Waals surface area contributed by atoms with Gasteiger partial charge in [0.05, 0.1) is 11.9 Å². The van der Waals surface area contributed by atoms with Gasteiger partial charge in [0.15, 0.2) is 9.84 Å². The smallest absolute Gasteiger partial charge is 0.178 e. The monoisotopic (exact) mass is 284 g/mol.